The van der Waals surface area contributed by atoms with Crippen LogP contribution in [0.15, 0.2) is 12.1 Å². The van der Waals surface area contributed by atoms with Gasteiger partial charge < -0.3 is 15.7 Å². The average Bonchev–Trinajstić information content (AvgIpc) is 2.84. The van der Waals surface area contributed by atoms with E-state index in [1.807, 2.05) is 26.2 Å². The van der Waals surface area contributed by atoms with Crippen LogP contribution >= 0.6 is 23.1 Å². The van der Waals surface area contributed by atoms with Gasteiger partial charge in [-0.15, -0.1) is 11.3 Å². The lowest BCUT2D eigenvalue weighted by atomic mass is 10.2. The molecule has 0 fully saturated rings. The van der Waals surface area contributed by atoms with Gasteiger partial charge in [-0.05, 0) is 32.2 Å². The number of carbonyl (C=O) groups is 2. The number of thioether (sulfide) groups is 1. The lowest BCUT2D eigenvalue weighted by Crippen LogP contribution is -2.45. The molecule has 0 aliphatic carbocycles. The zero-order valence-corrected chi connectivity index (χ0v) is 13.4. The summed E-state index contributed by atoms with van der Waals surface area (Å²) in [6.45, 7) is 3.70. The van der Waals surface area contributed by atoms with Gasteiger partial charge in [0.25, 0.3) is 5.91 Å². The minimum Gasteiger partial charge on any atom is -0.395 e. The Bertz CT molecular complexity index is 458. The van der Waals surface area contributed by atoms with Crippen LogP contribution in [0.1, 0.15) is 21.5 Å². The van der Waals surface area contributed by atoms with E-state index in [-0.39, 0.29) is 36.3 Å². The molecule has 0 radical (unpaired) electrons. The van der Waals surface area contributed by atoms with Gasteiger partial charge in [-0.1, -0.05) is 0 Å². The van der Waals surface area contributed by atoms with Crippen molar-refractivity contribution in [2.24, 2.45) is 0 Å². The van der Waals surface area contributed by atoms with Crippen molar-refractivity contribution >= 4 is 34.9 Å². The summed E-state index contributed by atoms with van der Waals surface area (Å²) in [6, 6.07) is 3.46. The SMILES string of the molecule is CSC(CO)C(C)NC(=O)CNC(=O)c1ccc(C)s1. The number of nitrogens with one attached hydrogen (secondary N) is 2. The highest BCUT2D eigenvalue weighted by Crippen LogP contribution is 2.14. The lowest BCUT2D eigenvalue weighted by Gasteiger charge is -2.21. The zero-order valence-electron chi connectivity index (χ0n) is 11.8. The van der Waals surface area contributed by atoms with Gasteiger partial charge in [0.1, 0.15) is 0 Å². The fourth-order valence-corrected chi connectivity index (χ4v) is 3.05. The molecule has 1 aromatic heterocycles. The molecule has 0 saturated carbocycles. The Balaban J connectivity index is 2.38. The molecule has 0 saturated heterocycles. The first-order valence-electron chi connectivity index (χ1n) is 6.25. The smallest absolute Gasteiger partial charge is 0.261 e. The molecule has 0 aliphatic heterocycles. The summed E-state index contributed by atoms with van der Waals surface area (Å²) >= 11 is 2.89. The molecule has 20 heavy (non-hydrogen) atoms. The van der Waals surface area contributed by atoms with E-state index >= 15 is 0 Å². The molecule has 0 spiro atoms. The molecule has 2 amide bonds. The number of aliphatic hydroxyl groups is 1. The molecule has 0 aliphatic rings. The molecular weight excluding hydrogens is 296 g/mol. The maximum atomic E-state index is 11.8. The fraction of sp³-hybridized carbons (Fsp3) is 0.538. The predicted octanol–water partition coefficient (Wildman–Crippen LogP) is 1.01. The van der Waals surface area contributed by atoms with Crippen molar-refractivity contribution < 1.29 is 14.7 Å². The number of aliphatic hydroxyl groups excluding tert-OH is 1. The second-order valence-electron chi connectivity index (χ2n) is 4.41. The summed E-state index contributed by atoms with van der Waals surface area (Å²) in [5.74, 6) is -0.499. The number of thiophene rings is 1. The minimum atomic E-state index is -0.258. The molecular formula is C13H20N2O3S2. The fourth-order valence-electron chi connectivity index (χ4n) is 1.64. The largest absolute Gasteiger partial charge is 0.395 e. The topological polar surface area (TPSA) is 78.4 Å². The van der Waals surface area contributed by atoms with Crippen molar-refractivity contribution in [3.63, 3.8) is 0 Å². The lowest BCUT2D eigenvalue weighted by molar-refractivity contribution is -0.120. The normalized spacial score (nSPS) is 13.6. The summed E-state index contributed by atoms with van der Waals surface area (Å²) in [5, 5.41) is 14.4. The first kappa shape index (κ1) is 17.0. The summed E-state index contributed by atoms with van der Waals surface area (Å²) in [7, 11) is 0. The molecule has 0 aromatic carbocycles. The van der Waals surface area contributed by atoms with Gasteiger partial charge in [0.2, 0.25) is 5.91 Å². The predicted molar refractivity (Wildman–Crippen MR) is 83.4 cm³/mol. The van der Waals surface area contributed by atoms with Crippen LogP contribution < -0.4 is 10.6 Å². The van der Waals surface area contributed by atoms with Crippen LogP contribution in [0.25, 0.3) is 0 Å². The number of hydrogen-bond acceptors (Lipinski definition) is 5. The Morgan fingerprint density at radius 3 is 2.65 bits per heavy atom. The highest BCUT2D eigenvalue weighted by molar-refractivity contribution is 7.99. The maximum Gasteiger partial charge on any atom is 0.261 e. The quantitative estimate of drug-likeness (QED) is 0.702. The summed E-state index contributed by atoms with van der Waals surface area (Å²) in [4.78, 5) is 25.1. The van der Waals surface area contributed by atoms with Crippen LogP contribution in [0.3, 0.4) is 0 Å². The van der Waals surface area contributed by atoms with E-state index in [0.717, 1.165) is 4.88 Å². The summed E-state index contributed by atoms with van der Waals surface area (Å²) < 4.78 is 0. The zero-order chi connectivity index (χ0) is 15.1. The number of rotatable bonds is 7. The molecule has 2 unspecified atom stereocenters. The van der Waals surface area contributed by atoms with E-state index in [0.29, 0.717) is 4.88 Å². The monoisotopic (exact) mass is 316 g/mol. The van der Waals surface area contributed by atoms with Gasteiger partial charge in [-0.25, -0.2) is 0 Å². The second kappa shape index (κ2) is 8.28. The molecule has 2 atom stereocenters. The van der Waals surface area contributed by atoms with Gasteiger partial charge in [0.15, 0.2) is 0 Å². The molecule has 1 rings (SSSR count). The first-order valence-corrected chi connectivity index (χ1v) is 8.36. The van der Waals surface area contributed by atoms with Crippen LogP contribution in [0.4, 0.5) is 0 Å². The number of hydrogen-bond donors (Lipinski definition) is 3. The maximum absolute atomic E-state index is 11.8. The van der Waals surface area contributed by atoms with Crippen LogP contribution in [0.5, 0.6) is 0 Å². The summed E-state index contributed by atoms with van der Waals surface area (Å²) in [5.41, 5.74) is 0. The molecule has 1 heterocycles. The van der Waals surface area contributed by atoms with Gasteiger partial charge in [-0.2, -0.15) is 11.8 Å². The van der Waals surface area contributed by atoms with Crippen molar-refractivity contribution in [2.75, 3.05) is 19.4 Å². The van der Waals surface area contributed by atoms with Crippen LogP contribution in [-0.4, -0.2) is 47.6 Å². The van der Waals surface area contributed by atoms with Crippen molar-refractivity contribution in [3.8, 4) is 0 Å². The Labute approximate surface area is 127 Å². The Hall–Kier alpha value is -1.05. The third-order valence-electron chi connectivity index (χ3n) is 2.80. The summed E-state index contributed by atoms with van der Waals surface area (Å²) in [6.07, 6.45) is 1.88. The molecule has 112 valence electrons. The van der Waals surface area contributed by atoms with Crippen molar-refractivity contribution in [1.82, 2.24) is 10.6 Å². The van der Waals surface area contributed by atoms with E-state index in [4.69, 9.17) is 5.11 Å². The Kier molecular flexibility index (Phi) is 7.04. The van der Waals surface area contributed by atoms with Gasteiger partial charge in [0.05, 0.1) is 18.0 Å². The molecule has 3 N–H and O–H groups in total. The highest BCUT2D eigenvalue weighted by Gasteiger charge is 2.17. The third kappa shape index (κ3) is 5.15. The van der Waals surface area contributed by atoms with E-state index in [9.17, 15) is 9.59 Å². The number of aryl methyl sites for hydroxylation is 1. The standard InChI is InChI=1S/C13H20N2O3S2/c1-8-4-5-10(20-8)13(18)14-6-12(17)15-9(2)11(7-16)19-3/h4-5,9,11,16H,6-7H2,1-3H3,(H,14,18)(H,15,17). The van der Waals surface area contributed by atoms with Gasteiger partial charge >= 0.3 is 0 Å². The molecule has 0 bridgehead atoms. The van der Waals surface area contributed by atoms with E-state index in [2.05, 4.69) is 10.6 Å². The molecule has 7 heteroatoms. The van der Waals surface area contributed by atoms with Gasteiger partial charge in [0, 0.05) is 16.2 Å². The Morgan fingerprint density at radius 1 is 1.45 bits per heavy atom. The van der Waals surface area contributed by atoms with Crippen LogP contribution in [0.2, 0.25) is 0 Å². The highest BCUT2D eigenvalue weighted by atomic mass is 32.2. The second-order valence-corrected chi connectivity index (χ2v) is 6.77. The van der Waals surface area contributed by atoms with E-state index < -0.39 is 0 Å². The number of carbonyl (C=O) groups excluding carboxylic acids is 2. The van der Waals surface area contributed by atoms with Crippen molar-refractivity contribution in [1.29, 1.82) is 0 Å². The average molecular weight is 316 g/mol. The third-order valence-corrected chi connectivity index (χ3v) is 4.96. The van der Waals surface area contributed by atoms with Crippen molar-refractivity contribution in [2.45, 2.75) is 25.1 Å². The minimum absolute atomic E-state index is 0.00342. The van der Waals surface area contributed by atoms with Crippen molar-refractivity contribution in [3.05, 3.63) is 21.9 Å². The van der Waals surface area contributed by atoms with Crippen LogP contribution in [-0.2, 0) is 4.79 Å². The van der Waals surface area contributed by atoms with Gasteiger partial charge in [-0.3, -0.25) is 9.59 Å². The Morgan fingerprint density at radius 2 is 2.15 bits per heavy atom. The molecule has 1 aromatic rings. The van der Waals surface area contributed by atoms with E-state index in [1.54, 1.807) is 6.07 Å². The van der Waals surface area contributed by atoms with E-state index in [1.165, 1.54) is 23.1 Å². The first-order chi connectivity index (χ1) is 9.47. The number of amides is 2. The molecule has 5 nitrogen and oxygen atoms in total. The van der Waals surface area contributed by atoms with Crippen LogP contribution in [0, 0.1) is 6.92 Å².